The third kappa shape index (κ3) is 4.00. The maximum absolute atomic E-state index is 9.41. The first-order valence-electron chi connectivity index (χ1n) is 18.6. The second-order valence-corrected chi connectivity index (χ2v) is 17.4. The first-order chi connectivity index (χ1) is 23.5. The Hall–Kier alpha value is -4.24. The van der Waals surface area contributed by atoms with Crippen molar-refractivity contribution in [3.05, 3.63) is 113 Å². The fourth-order valence-electron chi connectivity index (χ4n) is 10.5. The van der Waals surface area contributed by atoms with E-state index in [4.69, 9.17) is 9.47 Å². The fourth-order valence-corrected chi connectivity index (χ4v) is 10.5. The number of ether oxygens (including phenoxy) is 2. The van der Waals surface area contributed by atoms with Gasteiger partial charge >= 0.3 is 0 Å². The molecule has 0 radical (unpaired) electrons. The van der Waals surface area contributed by atoms with Gasteiger partial charge in [0.2, 0.25) is 0 Å². The van der Waals surface area contributed by atoms with Crippen LogP contribution in [0, 0.1) is 6.92 Å². The Bertz CT molecular complexity index is 2140. The largest absolute Gasteiger partial charge is 0.458 e. The zero-order valence-corrected chi connectivity index (χ0v) is 29.7. The van der Waals surface area contributed by atoms with E-state index in [9.17, 15) is 2.74 Å². The molecule has 0 unspecified atom stereocenters. The molecule has 0 aromatic heterocycles. The van der Waals surface area contributed by atoms with Crippen LogP contribution in [0.25, 0.3) is 22.3 Å². The van der Waals surface area contributed by atoms with Gasteiger partial charge in [-0.15, -0.1) is 0 Å². The normalized spacial score (nSPS) is 19.9. The van der Waals surface area contributed by atoms with Gasteiger partial charge in [-0.25, -0.2) is 0 Å². The summed E-state index contributed by atoms with van der Waals surface area (Å²) in [6.07, 6.45) is 2.05. The summed E-state index contributed by atoms with van der Waals surface area (Å²) in [4.78, 5) is 0. The topological polar surface area (TPSA) is 18.5 Å². The predicted octanol–water partition coefficient (Wildman–Crippen LogP) is 9.97. The molecule has 3 heteroatoms. The Morgan fingerprint density at radius 1 is 0.583 bits per heavy atom. The van der Waals surface area contributed by atoms with Gasteiger partial charge in [0.1, 0.15) is 23.0 Å². The van der Waals surface area contributed by atoms with Gasteiger partial charge in [-0.2, -0.15) is 0 Å². The summed E-state index contributed by atoms with van der Waals surface area (Å²) in [7, 11) is 0. The van der Waals surface area contributed by atoms with Crippen molar-refractivity contribution in [1.82, 2.24) is 0 Å². The van der Waals surface area contributed by atoms with Crippen LogP contribution in [0.3, 0.4) is 0 Å². The molecule has 48 heavy (non-hydrogen) atoms. The number of hydrogen-bond acceptors (Lipinski definition) is 2. The minimum absolute atomic E-state index is 0.0535. The van der Waals surface area contributed by atoms with Gasteiger partial charge in [0, 0.05) is 16.6 Å². The first kappa shape index (κ1) is 27.7. The zero-order valence-electron chi connectivity index (χ0n) is 31.7. The zero-order chi connectivity index (χ0) is 35.3. The van der Waals surface area contributed by atoms with Crippen LogP contribution < -0.4 is 25.9 Å². The van der Waals surface area contributed by atoms with Crippen molar-refractivity contribution < 1.29 is 12.2 Å². The van der Waals surface area contributed by atoms with Crippen LogP contribution in [0.1, 0.15) is 98.8 Å². The van der Waals surface area contributed by atoms with E-state index < -0.39 is 0 Å². The summed E-state index contributed by atoms with van der Waals surface area (Å²) >= 11 is 0. The van der Waals surface area contributed by atoms with Gasteiger partial charge in [-0.05, 0) is 103 Å². The maximum atomic E-state index is 9.41. The summed E-state index contributed by atoms with van der Waals surface area (Å²) in [6, 6.07) is 26.8. The average Bonchev–Trinajstić information content (AvgIpc) is 3.38. The highest BCUT2D eigenvalue weighted by Gasteiger charge is 2.51. The standard InChI is InChI=1S/C45H45BO2/c1-26-20-33-39-34(21-26)48-41-32(23-30-38(45(8,9)25-43(30,4)5)36(41)28-18-14-11-15-19-28)46(39)31-22-29-37(44(6,7)24-42(29,2)3)35(40(31)47-33)27-16-12-10-13-17-27/h10-23H,24-25H2,1-9H3/i20D,21D. The molecule has 0 spiro atoms. The minimum atomic E-state index is -0.263. The second kappa shape index (κ2) is 9.47. The molecule has 2 aliphatic carbocycles. The van der Waals surface area contributed by atoms with E-state index in [1.807, 2.05) is 6.92 Å². The third-order valence-electron chi connectivity index (χ3n) is 11.7. The quantitative estimate of drug-likeness (QED) is 0.177. The number of fused-ring (bicyclic) bond motifs is 6. The van der Waals surface area contributed by atoms with E-state index in [1.165, 1.54) is 22.3 Å². The first-order valence-corrected chi connectivity index (χ1v) is 17.6. The molecule has 240 valence electrons. The molecular formula is C45H45BO2. The second-order valence-electron chi connectivity index (χ2n) is 17.4. The lowest BCUT2D eigenvalue weighted by molar-refractivity contribution is 0.403. The Balaban J connectivity index is 1.47. The van der Waals surface area contributed by atoms with E-state index in [-0.39, 0.29) is 40.5 Å². The minimum Gasteiger partial charge on any atom is -0.458 e. The Labute approximate surface area is 289 Å². The van der Waals surface area contributed by atoms with Gasteiger partial charge in [0.15, 0.2) is 0 Å². The van der Waals surface area contributed by atoms with Crippen molar-refractivity contribution in [2.24, 2.45) is 0 Å². The molecule has 0 bridgehead atoms. The molecule has 0 fully saturated rings. The third-order valence-corrected chi connectivity index (χ3v) is 11.7. The number of benzene rings is 5. The number of hydrogen-bond donors (Lipinski definition) is 0. The molecule has 5 aromatic carbocycles. The van der Waals surface area contributed by atoms with Crippen LogP contribution in [0.2, 0.25) is 0 Å². The maximum Gasteiger partial charge on any atom is 0.260 e. The highest BCUT2D eigenvalue weighted by molar-refractivity contribution is 6.98. The van der Waals surface area contributed by atoms with E-state index in [2.05, 4.69) is 128 Å². The highest BCUT2D eigenvalue weighted by atomic mass is 16.5. The predicted molar refractivity (Wildman–Crippen MR) is 201 cm³/mol. The van der Waals surface area contributed by atoms with Crippen LogP contribution in [-0.2, 0) is 21.7 Å². The van der Waals surface area contributed by atoms with Gasteiger partial charge in [-0.1, -0.05) is 128 Å². The van der Waals surface area contributed by atoms with Gasteiger partial charge in [0.05, 0.1) is 2.74 Å². The summed E-state index contributed by atoms with van der Waals surface area (Å²) in [5.74, 6) is 2.71. The highest BCUT2D eigenvalue weighted by Crippen LogP contribution is 2.58. The molecule has 0 N–H and O–H groups in total. The van der Waals surface area contributed by atoms with E-state index in [1.54, 1.807) is 0 Å². The lowest BCUT2D eigenvalue weighted by Crippen LogP contribution is -2.58. The molecule has 2 nitrogen and oxygen atoms in total. The average molecular weight is 631 g/mol. The molecule has 2 aliphatic heterocycles. The Kier molecular flexibility index (Phi) is 5.46. The molecule has 4 aliphatic rings. The molecule has 2 heterocycles. The lowest BCUT2D eigenvalue weighted by Gasteiger charge is -2.38. The van der Waals surface area contributed by atoms with Crippen molar-refractivity contribution >= 4 is 23.1 Å². The van der Waals surface area contributed by atoms with E-state index in [0.29, 0.717) is 17.1 Å². The van der Waals surface area contributed by atoms with Gasteiger partial charge < -0.3 is 9.47 Å². The van der Waals surface area contributed by atoms with Crippen LogP contribution >= 0.6 is 0 Å². The Morgan fingerprint density at radius 2 is 0.979 bits per heavy atom. The van der Waals surface area contributed by atoms with Crippen molar-refractivity contribution in [3.63, 3.8) is 0 Å². The fraction of sp³-hybridized carbons (Fsp3) is 0.333. The SMILES string of the molecule is [2H]c1c(C)c([2H])c2c3c1Oc1c(cc4c(c1-c1ccccc1)C(C)(C)CC4(C)C)B3c1cc3c(c(-c4ccccc4)c1O2)C(C)(C)CC3(C)C. The molecule has 0 saturated carbocycles. The molecule has 0 saturated heterocycles. The van der Waals surface area contributed by atoms with Crippen LogP contribution in [0.5, 0.6) is 23.0 Å². The summed E-state index contributed by atoms with van der Waals surface area (Å²) < 4.78 is 33.0. The van der Waals surface area contributed by atoms with Crippen molar-refractivity contribution in [2.75, 3.05) is 0 Å². The van der Waals surface area contributed by atoms with Crippen LogP contribution in [0.15, 0.2) is 84.9 Å². The molecular weight excluding hydrogens is 583 g/mol. The van der Waals surface area contributed by atoms with Crippen molar-refractivity contribution in [1.29, 1.82) is 0 Å². The van der Waals surface area contributed by atoms with Gasteiger partial charge in [0.25, 0.3) is 6.71 Å². The molecule has 0 amide bonds. The van der Waals surface area contributed by atoms with E-state index in [0.717, 1.165) is 63.0 Å². The Morgan fingerprint density at radius 3 is 1.38 bits per heavy atom. The summed E-state index contributed by atoms with van der Waals surface area (Å²) in [5.41, 5.74) is 13.2. The molecule has 9 rings (SSSR count). The summed E-state index contributed by atoms with van der Waals surface area (Å²) in [5, 5.41) is 0. The van der Waals surface area contributed by atoms with Gasteiger partial charge in [-0.3, -0.25) is 0 Å². The molecule has 5 aromatic rings. The lowest BCUT2D eigenvalue weighted by atomic mass is 9.34. The monoisotopic (exact) mass is 630 g/mol. The smallest absolute Gasteiger partial charge is 0.260 e. The number of rotatable bonds is 2. The van der Waals surface area contributed by atoms with Crippen molar-refractivity contribution in [2.45, 2.75) is 96.8 Å². The summed E-state index contributed by atoms with van der Waals surface area (Å²) in [6.45, 7) is 20.6. The van der Waals surface area contributed by atoms with Crippen molar-refractivity contribution in [3.8, 4) is 45.3 Å². The van der Waals surface area contributed by atoms with Crippen LogP contribution in [0.4, 0.5) is 0 Å². The molecule has 0 atom stereocenters. The van der Waals surface area contributed by atoms with Crippen LogP contribution in [-0.4, -0.2) is 6.71 Å². The van der Waals surface area contributed by atoms with E-state index >= 15 is 0 Å².